The lowest BCUT2D eigenvalue weighted by molar-refractivity contribution is 0.0538. The van der Waals surface area contributed by atoms with Crippen LogP contribution in [0.4, 0.5) is 5.69 Å². The highest BCUT2D eigenvalue weighted by atomic mass is 16.5. The van der Waals surface area contributed by atoms with E-state index in [2.05, 4.69) is 42.3 Å². The third-order valence-corrected chi connectivity index (χ3v) is 3.89. The van der Waals surface area contributed by atoms with Crippen LogP contribution in [0.5, 0.6) is 0 Å². The molecule has 1 aliphatic heterocycles. The first kappa shape index (κ1) is 13.2. The van der Waals surface area contributed by atoms with Crippen molar-refractivity contribution in [3.8, 4) is 11.5 Å². The summed E-state index contributed by atoms with van der Waals surface area (Å²) < 4.78 is 10.9. The van der Waals surface area contributed by atoms with Gasteiger partial charge in [-0.3, -0.25) is 0 Å². The number of ether oxygens (including phenoxy) is 1. The van der Waals surface area contributed by atoms with Gasteiger partial charge < -0.3 is 14.5 Å². The molecule has 4 heteroatoms. The van der Waals surface area contributed by atoms with E-state index < -0.39 is 0 Å². The fourth-order valence-electron chi connectivity index (χ4n) is 2.61. The Balaban J connectivity index is 1.82. The van der Waals surface area contributed by atoms with Gasteiger partial charge in [-0.25, -0.2) is 4.98 Å². The Labute approximate surface area is 119 Å². The number of hydrogen-bond donors (Lipinski definition) is 1. The van der Waals surface area contributed by atoms with Gasteiger partial charge in [0.05, 0.1) is 12.8 Å². The van der Waals surface area contributed by atoms with Crippen LogP contribution in [-0.2, 0) is 4.74 Å². The van der Waals surface area contributed by atoms with E-state index in [-0.39, 0.29) is 0 Å². The quantitative estimate of drug-likeness (QED) is 0.929. The number of rotatable bonds is 3. The topological polar surface area (TPSA) is 47.3 Å². The standard InChI is InChI=1S/C16H20N2O2/c1-11-3-4-13(9-14(11)16-17-6-8-20-16)18-15-5-7-19-10-12(15)2/h3-4,6,8-9,12,15,18H,5,7,10H2,1-2H3. The summed E-state index contributed by atoms with van der Waals surface area (Å²) in [4.78, 5) is 4.24. The lowest BCUT2D eigenvalue weighted by atomic mass is 9.97. The van der Waals surface area contributed by atoms with Crippen LogP contribution in [0.25, 0.3) is 11.5 Å². The third-order valence-electron chi connectivity index (χ3n) is 3.89. The van der Waals surface area contributed by atoms with E-state index in [0.717, 1.165) is 36.4 Å². The fraction of sp³-hybridized carbons (Fsp3) is 0.438. The highest BCUT2D eigenvalue weighted by Crippen LogP contribution is 2.27. The van der Waals surface area contributed by atoms with E-state index in [1.165, 1.54) is 0 Å². The molecule has 0 radical (unpaired) electrons. The predicted molar refractivity (Wildman–Crippen MR) is 78.7 cm³/mol. The molecule has 1 aromatic heterocycles. The molecule has 0 amide bonds. The van der Waals surface area contributed by atoms with E-state index in [9.17, 15) is 0 Å². The van der Waals surface area contributed by atoms with Gasteiger partial charge >= 0.3 is 0 Å². The number of anilines is 1. The summed E-state index contributed by atoms with van der Waals surface area (Å²) >= 11 is 0. The fourth-order valence-corrected chi connectivity index (χ4v) is 2.61. The van der Waals surface area contributed by atoms with Gasteiger partial charge in [0.1, 0.15) is 6.26 Å². The molecule has 0 spiro atoms. The monoisotopic (exact) mass is 272 g/mol. The number of nitrogens with zero attached hydrogens (tertiary/aromatic N) is 1. The van der Waals surface area contributed by atoms with Gasteiger partial charge in [0.15, 0.2) is 0 Å². The number of aryl methyl sites for hydroxylation is 1. The largest absolute Gasteiger partial charge is 0.445 e. The Morgan fingerprint density at radius 3 is 3.00 bits per heavy atom. The molecule has 1 aromatic carbocycles. The molecule has 1 fully saturated rings. The third kappa shape index (κ3) is 2.70. The van der Waals surface area contributed by atoms with Crippen LogP contribution in [0.1, 0.15) is 18.9 Å². The highest BCUT2D eigenvalue weighted by molar-refractivity contribution is 5.65. The first-order valence-corrected chi connectivity index (χ1v) is 7.09. The van der Waals surface area contributed by atoms with E-state index in [4.69, 9.17) is 9.15 Å². The molecule has 1 N–H and O–H groups in total. The van der Waals surface area contributed by atoms with Crippen LogP contribution >= 0.6 is 0 Å². The average Bonchev–Trinajstić information content (AvgIpc) is 2.97. The second-order valence-electron chi connectivity index (χ2n) is 5.46. The number of hydrogen-bond acceptors (Lipinski definition) is 4. The van der Waals surface area contributed by atoms with Gasteiger partial charge in [-0.05, 0) is 37.0 Å². The zero-order chi connectivity index (χ0) is 13.9. The van der Waals surface area contributed by atoms with Crippen LogP contribution in [0.2, 0.25) is 0 Å². The molecule has 1 aliphatic rings. The summed E-state index contributed by atoms with van der Waals surface area (Å²) in [5.74, 6) is 1.20. The molecule has 1 saturated heterocycles. The molecular weight excluding hydrogens is 252 g/mol. The van der Waals surface area contributed by atoms with Crippen molar-refractivity contribution in [3.05, 3.63) is 36.2 Å². The number of oxazole rings is 1. The van der Waals surface area contributed by atoms with Crippen molar-refractivity contribution in [2.24, 2.45) is 5.92 Å². The zero-order valence-corrected chi connectivity index (χ0v) is 11.9. The highest BCUT2D eigenvalue weighted by Gasteiger charge is 2.21. The minimum absolute atomic E-state index is 0.462. The molecule has 0 aliphatic carbocycles. The molecule has 2 unspecified atom stereocenters. The van der Waals surface area contributed by atoms with Crippen molar-refractivity contribution < 1.29 is 9.15 Å². The lowest BCUT2D eigenvalue weighted by Crippen LogP contribution is -2.35. The van der Waals surface area contributed by atoms with Crippen molar-refractivity contribution in [2.75, 3.05) is 18.5 Å². The van der Waals surface area contributed by atoms with Gasteiger partial charge in [0, 0.05) is 23.9 Å². The number of benzene rings is 1. The van der Waals surface area contributed by atoms with Crippen LogP contribution in [-0.4, -0.2) is 24.2 Å². The van der Waals surface area contributed by atoms with Crippen LogP contribution in [0, 0.1) is 12.8 Å². The van der Waals surface area contributed by atoms with Crippen LogP contribution in [0.3, 0.4) is 0 Å². The van der Waals surface area contributed by atoms with Crippen molar-refractivity contribution in [1.29, 1.82) is 0 Å². The van der Waals surface area contributed by atoms with Gasteiger partial charge in [0.25, 0.3) is 0 Å². The molecule has 20 heavy (non-hydrogen) atoms. The van der Waals surface area contributed by atoms with Crippen molar-refractivity contribution in [2.45, 2.75) is 26.3 Å². The summed E-state index contributed by atoms with van der Waals surface area (Å²) in [5.41, 5.74) is 3.32. The molecule has 106 valence electrons. The van der Waals surface area contributed by atoms with Crippen molar-refractivity contribution >= 4 is 5.69 Å². The van der Waals surface area contributed by atoms with Crippen LogP contribution < -0.4 is 5.32 Å². The molecule has 3 rings (SSSR count). The minimum atomic E-state index is 0.462. The Hall–Kier alpha value is -1.81. The SMILES string of the molecule is Cc1ccc(NC2CCOCC2C)cc1-c1ncco1. The normalized spacial score (nSPS) is 22.7. The van der Waals surface area contributed by atoms with Crippen molar-refractivity contribution in [3.63, 3.8) is 0 Å². The van der Waals surface area contributed by atoms with Gasteiger partial charge in [-0.15, -0.1) is 0 Å². The molecular formula is C16H20N2O2. The smallest absolute Gasteiger partial charge is 0.226 e. The summed E-state index contributed by atoms with van der Waals surface area (Å²) in [6, 6.07) is 6.79. The predicted octanol–water partition coefficient (Wildman–Crippen LogP) is 3.49. The summed E-state index contributed by atoms with van der Waals surface area (Å²) in [5, 5.41) is 3.61. The number of aromatic nitrogens is 1. The molecule has 2 aromatic rings. The Bertz CT molecular complexity index is 566. The zero-order valence-electron chi connectivity index (χ0n) is 11.9. The maximum Gasteiger partial charge on any atom is 0.226 e. The van der Waals surface area contributed by atoms with Gasteiger partial charge in [-0.2, -0.15) is 0 Å². The minimum Gasteiger partial charge on any atom is -0.445 e. The van der Waals surface area contributed by atoms with Crippen LogP contribution in [0.15, 0.2) is 35.1 Å². The Morgan fingerprint density at radius 1 is 1.35 bits per heavy atom. The molecule has 2 heterocycles. The van der Waals surface area contributed by atoms with E-state index >= 15 is 0 Å². The maximum absolute atomic E-state index is 5.49. The molecule has 2 atom stereocenters. The Kier molecular flexibility index (Phi) is 3.74. The first-order valence-electron chi connectivity index (χ1n) is 7.09. The van der Waals surface area contributed by atoms with Crippen molar-refractivity contribution in [1.82, 2.24) is 4.98 Å². The maximum atomic E-state index is 5.49. The molecule has 0 bridgehead atoms. The summed E-state index contributed by atoms with van der Waals surface area (Å²) in [6.07, 6.45) is 4.33. The first-order chi connectivity index (χ1) is 9.74. The average molecular weight is 272 g/mol. The van der Waals surface area contributed by atoms with Gasteiger partial charge in [0.2, 0.25) is 5.89 Å². The second-order valence-corrected chi connectivity index (χ2v) is 5.46. The number of nitrogens with one attached hydrogen (secondary N) is 1. The molecule has 4 nitrogen and oxygen atoms in total. The summed E-state index contributed by atoms with van der Waals surface area (Å²) in [7, 11) is 0. The van der Waals surface area contributed by atoms with Gasteiger partial charge in [-0.1, -0.05) is 13.0 Å². The lowest BCUT2D eigenvalue weighted by Gasteiger charge is -2.30. The Morgan fingerprint density at radius 2 is 2.25 bits per heavy atom. The second kappa shape index (κ2) is 5.67. The molecule has 0 saturated carbocycles. The van der Waals surface area contributed by atoms with E-state index in [1.54, 1.807) is 12.5 Å². The van der Waals surface area contributed by atoms with E-state index in [0.29, 0.717) is 17.9 Å². The summed E-state index contributed by atoms with van der Waals surface area (Å²) in [6.45, 7) is 5.96. The van der Waals surface area contributed by atoms with E-state index in [1.807, 2.05) is 0 Å².